The molecule has 0 saturated carbocycles. The average Bonchev–Trinajstić information content (AvgIpc) is 2.55. The van der Waals surface area contributed by atoms with E-state index in [0.29, 0.717) is 5.56 Å². The van der Waals surface area contributed by atoms with Crippen molar-refractivity contribution in [3.8, 4) is 11.1 Å². The Kier molecular flexibility index (Phi) is 4.53. The van der Waals surface area contributed by atoms with Gasteiger partial charge in [0, 0.05) is 5.56 Å². The Hall–Kier alpha value is -2.15. The highest BCUT2D eigenvalue weighted by molar-refractivity contribution is 5.96. The minimum absolute atomic E-state index is 0.120. The zero-order valence-electron chi connectivity index (χ0n) is 13.0. The fraction of sp³-hybridized carbons (Fsp3) is 0.238. The molecular weight excluding hydrogens is 271 g/mol. The fourth-order valence-electron chi connectivity index (χ4n) is 2.97. The number of hydrogen-bond donors (Lipinski definition) is 0. The van der Waals surface area contributed by atoms with E-state index < -0.39 is 0 Å². The van der Waals surface area contributed by atoms with Crippen molar-refractivity contribution in [2.45, 2.75) is 32.6 Å². The maximum Gasteiger partial charge on any atom is 0.131 e. The molecule has 0 aliphatic rings. The molecule has 0 aromatic heterocycles. The lowest BCUT2D eigenvalue weighted by Crippen LogP contribution is -1.91. The van der Waals surface area contributed by atoms with Crippen LogP contribution in [-0.4, -0.2) is 0 Å². The molecule has 3 rings (SSSR count). The topological polar surface area (TPSA) is 0 Å². The van der Waals surface area contributed by atoms with E-state index >= 15 is 0 Å². The summed E-state index contributed by atoms with van der Waals surface area (Å²) in [4.78, 5) is 0. The lowest BCUT2D eigenvalue weighted by atomic mass is 9.96. The van der Waals surface area contributed by atoms with Gasteiger partial charge in [0.15, 0.2) is 0 Å². The molecule has 1 heteroatoms. The Morgan fingerprint density at radius 1 is 0.818 bits per heavy atom. The van der Waals surface area contributed by atoms with Gasteiger partial charge in [0.05, 0.1) is 0 Å². The summed E-state index contributed by atoms with van der Waals surface area (Å²) in [5.41, 5.74) is 2.75. The highest BCUT2D eigenvalue weighted by Crippen LogP contribution is 2.31. The molecule has 0 radical (unpaired) electrons. The molecule has 0 heterocycles. The predicted molar refractivity (Wildman–Crippen MR) is 92.6 cm³/mol. The molecule has 0 N–H and O–H groups in total. The van der Waals surface area contributed by atoms with Gasteiger partial charge in [0.2, 0.25) is 0 Å². The molecule has 0 aliphatic carbocycles. The summed E-state index contributed by atoms with van der Waals surface area (Å²) in [5, 5.41) is 2.24. The van der Waals surface area contributed by atoms with Crippen molar-refractivity contribution in [1.29, 1.82) is 0 Å². The Morgan fingerprint density at radius 3 is 2.45 bits per heavy atom. The molecule has 0 amide bonds. The summed E-state index contributed by atoms with van der Waals surface area (Å²) < 4.78 is 14.6. The third kappa shape index (κ3) is 3.04. The second-order valence-electron chi connectivity index (χ2n) is 5.80. The van der Waals surface area contributed by atoms with Gasteiger partial charge in [-0.05, 0) is 40.8 Å². The smallest absolute Gasteiger partial charge is 0.131 e. The van der Waals surface area contributed by atoms with Crippen LogP contribution in [0.5, 0.6) is 0 Å². The summed E-state index contributed by atoms with van der Waals surface area (Å²) in [6.07, 6.45) is 4.48. The number of rotatable bonds is 5. The Balaban J connectivity index is 1.97. The van der Waals surface area contributed by atoms with Crippen molar-refractivity contribution in [3.63, 3.8) is 0 Å². The van der Waals surface area contributed by atoms with Crippen LogP contribution in [0.1, 0.15) is 31.7 Å². The molecule has 0 fully saturated rings. The van der Waals surface area contributed by atoms with Crippen LogP contribution in [0.4, 0.5) is 4.39 Å². The number of hydrogen-bond acceptors (Lipinski definition) is 0. The number of unbranched alkanes of at least 4 members (excludes halogenated alkanes) is 2. The second kappa shape index (κ2) is 6.74. The summed E-state index contributed by atoms with van der Waals surface area (Å²) in [5.74, 6) is -0.120. The second-order valence-corrected chi connectivity index (χ2v) is 5.80. The molecule has 3 aromatic carbocycles. The normalized spacial score (nSPS) is 11.0. The Labute approximate surface area is 131 Å². The first-order valence-electron chi connectivity index (χ1n) is 8.06. The first-order chi connectivity index (χ1) is 10.8. The monoisotopic (exact) mass is 292 g/mol. The standard InChI is InChI=1S/C21H21F/c1-2-3-4-8-16-13-14-20(21(22)15-16)19-12-7-10-17-9-5-6-11-18(17)19/h5-7,9-15H,2-4,8H2,1H3. The molecule has 0 atom stereocenters. The van der Waals surface area contributed by atoms with Crippen molar-refractivity contribution in [1.82, 2.24) is 0 Å². The zero-order chi connectivity index (χ0) is 15.4. The Morgan fingerprint density at radius 2 is 1.64 bits per heavy atom. The van der Waals surface area contributed by atoms with Gasteiger partial charge in [-0.3, -0.25) is 0 Å². The number of benzene rings is 3. The predicted octanol–water partition coefficient (Wildman–Crippen LogP) is 6.38. The van der Waals surface area contributed by atoms with E-state index in [1.54, 1.807) is 6.07 Å². The average molecular weight is 292 g/mol. The van der Waals surface area contributed by atoms with Crippen molar-refractivity contribution in [2.75, 3.05) is 0 Å². The van der Waals surface area contributed by atoms with E-state index in [2.05, 4.69) is 31.2 Å². The van der Waals surface area contributed by atoms with Crippen LogP contribution in [0.2, 0.25) is 0 Å². The first-order valence-corrected chi connectivity index (χ1v) is 8.06. The molecule has 0 aliphatic heterocycles. The van der Waals surface area contributed by atoms with E-state index in [1.165, 1.54) is 12.8 Å². The minimum atomic E-state index is -0.120. The van der Waals surface area contributed by atoms with Gasteiger partial charge in [-0.2, -0.15) is 0 Å². The molecule has 3 aromatic rings. The van der Waals surface area contributed by atoms with Crippen LogP contribution in [0.15, 0.2) is 60.7 Å². The van der Waals surface area contributed by atoms with E-state index in [0.717, 1.165) is 34.7 Å². The van der Waals surface area contributed by atoms with Gasteiger partial charge < -0.3 is 0 Å². The van der Waals surface area contributed by atoms with E-state index in [4.69, 9.17) is 0 Å². The molecule has 0 unspecified atom stereocenters. The number of fused-ring (bicyclic) bond motifs is 1. The van der Waals surface area contributed by atoms with Crippen LogP contribution in [0.3, 0.4) is 0 Å². The highest BCUT2D eigenvalue weighted by Gasteiger charge is 2.09. The van der Waals surface area contributed by atoms with Crippen LogP contribution in [0.25, 0.3) is 21.9 Å². The van der Waals surface area contributed by atoms with Crippen molar-refractivity contribution in [3.05, 3.63) is 72.0 Å². The Bertz CT molecular complexity index is 768. The van der Waals surface area contributed by atoms with Crippen LogP contribution < -0.4 is 0 Å². The largest absolute Gasteiger partial charge is 0.206 e. The van der Waals surface area contributed by atoms with E-state index in [9.17, 15) is 4.39 Å². The van der Waals surface area contributed by atoms with Crippen LogP contribution >= 0.6 is 0 Å². The first kappa shape index (κ1) is 14.8. The SMILES string of the molecule is CCCCCc1ccc(-c2cccc3ccccc23)c(F)c1. The number of halogens is 1. The van der Waals surface area contributed by atoms with Gasteiger partial charge in [-0.15, -0.1) is 0 Å². The fourth-order valence-corrected chi connectivity index (χ4v) is 2.97. The van der Waals surface area contributed by atoms with Crippen molar-refractivity contribution < 1.29 is 4.39 Å². The maximum atomic E-state index is 14.6. The van der Waals surface area contributed by atoms with Crippen LogP contribution in [-0.2, 0) is 6.42 Å². The van der Waals surface area contributed by atoms with Gasteiger partial charge in [0.1, 0.15) is 5.82 Å². The summed E-state index contributed by atoms with van der Waals surface area (Å²) in [6.45, 7) is 2.18. The maximum absolute atomic E-state index is 14.6. The lowest BCUT2D eigenvalue weighted by Gasteiger charge is -2.09. The van der Waals surface area contributed by atoms with E-state index in [-0.39, 0.29) is 5.82 Å². The highest BCUT2D eigenvalue weighted by atomic mass is 19.1. The molecule has 0 saturated heterocycles. The lowest BCUT2D eigenvalue weighted by molar-refractivity contribution is 0.626. The molecule has 112 valence electrons. The van der Waals surface area contributed by atoms with Crippen molar-refractivity contribution in [2.24, 2.45) is 0 Å². The number of aryl methyl sites for hydroxylation is 1. The quantitative estimate of drug-likeness (QED) is 0.479. The molecule has 0 bridgehead atoms. The minimum Gasteiger partial charge on any atom is -0.206 e. The van der Waals surface area contributed by atoms with Crippen LogP contribution in [0, 0.1) is 5.82 Å². The van der Waals surface area contributed by atoms with Gasteiger partial charge in [-0.25, -0.2) is 4.39 Å². The molecule has 0 nitrogen and oxygen atoms in total. The molecule has 0 spiro atoms. The van der Waals surface area contributed by atoms with E-state index in [1.807, 2.05) is 30.3 Å². The zero-order valence-corrected chi connectivity index (χ0v) is 13.0. The third-order valence-electron chi connectivity index (χ3n) is 4.18. The molecular formula is C21H21F. The summed E-state index contributed by atoms with van der Waals surface area (Å²) in [7, 11) is 0. The molecule has 22 heavy (non-hydrogen) atoms. The van der Waals surface area contributed by atoms with Gasteiger partial charge in [-0.1, -0.05) is 74.4 Å². The third-order valence-corrected chi connectivity index (χ3v) is 4.18. The summed E-state index contributed by atoms with van der Waals surface area (Å²) >= 11 is 0. The summed E-state index contributed by atoms with van der Waals surface area (Å²) in [6, 6.07) is 19.9. The van der Waals surface area contributed by atoms with Gasteiger partial charge >= 0.3 is 0 Å². The van der Waals surface area contributed by atoms with Crippen molar-refractivity contribution >= 4 is 10.8 Å². The van der Waals surface area contributed by atoms with Gasteiger partial charge in [0.25, 0.3) is 0 Å².